The average molecular weight is 549 g/mol. The standard InChI is InChI=1S/C30H36N4O4S/c1-6-7-18-33(39(36,37)26-17-12-22-10-8-9-11-23(22)19-26)21-29(35)31-28-20-27(30(2,3)4)32-34(28)24-13-15-25(38-5)16-14-24/h8-17,19-20H,6-7,18,21H2,1-5H3,(H,31,35). The number of anilines is 1. The zero-order valence-corrected chi connectivity index (χ0v) is 24.0. The Bertz CT molecular complexity index is 1550. The van der Waals surface area contributed by atoms with Crippen molar-refractivity contribution < 1.29 is 17.9 Å². The SMILES string of the molecule is CCCCN(CC(=O)Nc1cc(C(C)(C)C)nn1-c1ccc(OC)cc1)S(=O)(=O)c1ccc2ccccc2c1. The summed E-state index contributed by atoms with van der Waals surface area (Å²) in [7, 11) is -2.30. The third-order valence-electron chi connectivity index (χ3n) is 6.50. The van der Waals surface area contributed by atoms with E-state index < -0.39 is 15.9 Å². The Morgan fingerprint density at radius 3 is 2.33 bits per heavy atom. The molecule has 0 bridgehead atoms. The van der Waals surface area contributed by atoms with Gasteiger partial charge in [0.25, 0.3) is 0 Å². The van der Waals surface area contributed by atoms with Crippen LogP contribution in [0.5, 0.6) is 5.75 Å². The first-order chi connectivity index (χ1) is 18.5. The van der Waals surface area contributed by atoms with Gasteiger partial charge in [-0.25, -0.2) is 13.1 Å². The van der Waals surface area contributed by atoms with Crippen molar-refractivity contribution in [3.8, 4) is 11.4 Å². The van der Waals surface area contributed by atoms with Crippen molar-refractivity contribution in [3.63, 3.8) is 0 Å². The molecule has 1 heterocycles. The Kier molecular flexibility index (Phi) is 8.42. The zero-order valence-electron chi connectivity index (χ0n) is 23.1. The second-order valence-electron chi connectivity index (χ2n) is 10.5. The Hall–Kier alpha value is -3.69. The first-order valence-corrected chi connectivity index (χ1v) is 14.5. The third kappa shape index (κ3) is 6.49. The molecule has 39 heavy (non-hydrogen) atoms. The van der Waals surface area contributed by atoms with Crippen LogP contribution in [0, 0.1) is 0 Å². The molecule has 0 radical (unpaired) electrons. The van der Waals surface area contributed by atoms with Crippen LogP contribution in [-0.2, 0) is 20.2 Å². The van der Waals surface area contributed by atoms with E-state index >= 15 is 0 Å². The molecule has 0 aliphatic rings. The monoisotopic (exact) mass is 548 g/mol. The fourth-order valence-electron chi connectivity index (χ4n) is 4.20. The maximum Gasteiger partial charge on any atom is 0.243 e. The largest absolute Gasteiger partial charge is 0.497 e. The van der Waals surface area contributed by atoms with Crippen molar-refractivity contribution in [3.05, 3.63) is 78.5 Å². The van der Waals surface area contributed by atoms with Gasteiger partial charge in [0.1, 0.15) is 11.6 Å². The Morgan fingerprint density at radius 1 is 1.00 bits per heavy atom. The van der Waals surface area contributed by atoms with Crippen LogP contribution in [0.1, 0.15) is 46.2 Å². The molecular formula is C30H36N4O4S. The van der Waals surface area contributed by atoms with Crippen LogP contribution < -0.4 is 10.1 Å². The fourth-order valence-corrected chi connectivity index (χ4v) is 5.67. The number of aromatic nitrogens is 2. The van der Waals surface area contributed by atoms with Crippen molar-refractivity contribution in [2.45, 2.75) is 50.8 Å². The van der Waals surface area contributed by atoms with E-state index in [0.717, 1.165) is 28.6 Å². The molecule has 1 N–H and O–H groups in total. The lowest BCUT2D eigenvalue weighted by Gasteiger charge is -2.22. The second kappa shape index (κ2) is 11.6. The van der Waals surface area contributed by atoms with Gasteiger partial charge < -0.3 is 10.1 Å². The molecule has 3 aromatic carbocycles. The highest BCUT2D eigenvalue weighted by atomic mass is 32.2. The lowest BCUT2D eigenvalue weighted by atomic mass is 9.92. The number of hydrogen-bond acceptors (Lipinski definition) is 5. The van der Waals surface area contributed by atoms with Gasteiger partial charge in [0.2, 0.25) is 15.9 Å². The summed E-state index contributed by atoms with van der Waals surface area (Å²) in [4.78, 5) is 13.5. The van der Waals surface area contributed by atoms with Gasteiger partial charge in [0.15, 0.2) is 0 Å². The normalized spacial score (nSPS) is 12.2. The van der Waals surface area contributed by atoms with Crippen LogP contribution in [0.15, 0.2) is 77.7 Å². The van der Waals surface area contributed by atoms with Gasteiger partial charge in [0, 0.05) is 18.0 Å². The van der Waals surface area contributed by atoms with Crippen LogP contribution in [0.2, 0.25) is 0 Å². The van der Waals surface area contributed by atoms with Crippen molar-refractivity contribution in [1.82, 2.24) is 14.1 Å². The highest BCUT2D eigenvalue weighted by Crippen LogP contribution is 2.28. The summed E-state index contributed by atoms with van der Waals surface area (Å²) in [6, 6.07) is 21.8. The Labute approximate surface area is 230 Å². The van der Waals surface area contributed by atoms with Crippen LogP contribution in [-0.4, -0.2) is 48.6 Å². The van der Waals surface area contributed by atoms with Crippen LogP contribution in [0.3, 0.4) is 0 Å². The molecule has 9 heteroatoms. The minimum Gasteiger partial charge on any atom is -0.497 e. The molecule has 4 rings (SSSR count). The number of sulfonamides is 1. The fraction of sp³-hybridized carbons (Fsp3) is 0.333. The van der Waals surface area contributed by atoms with Gasteiger partial charge in [-0.3, -0.25) is 4.79 Å². The van der Waals surface area contributed by atoms with Gasteiger partial charge in [-0.2, -0.15) is 9.40 Å². The van der Waals surface area contributed by atoms with Crippen molar-refractivity contribution in [2.75, 3.05) is 25.5 Å². The van der Waals surface area contributed by atoms with Gasteiger partial charge in [-0.1, -0.05) is 64.4 Å². The molecule has 0 atom stereocenters. The average Bonchev–Trinajstić information content (AvgIpc) is 3.35. The number of methoxy groups -OCH3 is 1. The molecule has 8 nitrogen and oxygen atoms in total. The number of ether oxygens (including phenoxy) is 1. The molecule has 0 saturated carbocycles. The van der Waals surface area contributed by atoms with Crippen LogP contribution in [0.4, 0.5) is 5.82 Å². The van der Waals surface area contributed by atoms with E-state index in [0.29, 0.717) is 18.0 Å². The number of nitrogens with zero attached hydrogens (tertiary/aromatic N) is 3. The summed E-state index contributed by atoms with van der Waals surface area (Å²) in [5, 5.41) is 9.44. The molecule has 206 valence electrons. The minimum atomic E-state index is -3.90. The molecule has 0 saturated heterocycles. The summed E-state index contributed by atoms with van der Waals surface area (Å²) in [5.74, 6) is 0.734. The highest BCUT2D eigenvalue weighted by Gasteiger charge is 2.28. The first-order valence-electron chi connectivity index (χ1n) is 13.1. The molecule has 0 spiro atoms. The topological polar surface area (TPSA) is 93.5 Å². The molecule has 1 aromatic heterocycles. The van der Waals surface area contributed by atoms with Gasteiger partial charge in [-0.05, 0) is 53.6 Å². The lowest BCUT2D eigenvalue weighted by Crippen LogP contribution is -2.38. The maximum atomic E-state index is 13.7. The number of carbonyl (C=O) groups is 1. The van der Waals surface area contributed by atoms with E-state index in [-0.39, 0.29) is 23.4 Å². The second-order valence-corrected chi connectivity index (χ2v) is 12.5. The van der Waals surface area contributed by atoms with Gasteiger partial charge in [0.05, 0.1) is 29.9 Å². The molecule has 0 fully saturated rings. The molecule has 0 aliphatic heterocycles. The van der Waals surface area contributed by atoms with Gasteiger partial charge >= 0.3 is 0 Å². The molecular weight excluding hydrogens is 512 g/mol. The smallest absolute Gasteiger partial charge is 0.243 e. The quantitative estimate of drug-likeness (QED) is 0.272. The number of rotatable bonds is 10. The number of unbranched alkanes of at least 4 members (excludes halogenated alkanes) is 1. The molecule has 1 amide bonds. The number of fused-ring (bicyclic) bond motifs is 1. The van der Waals surface area contributed by atoms with Crippen LogP contribution >= 0.6 is 0 Å². The zero-order chi connectivity index (χ0) is 28.2. The number of hydrogen-bond donors (Lipinski definition) is 1. The highest BCUT2D eigenvalue weighted by molar-refractivity contribution is 7.89. The summed E-state index contributed by atoms with van der Waals surface area (Å²) < 4.78 is 35.5. The lowest BCUT2D eigenvalue weighted by molar-refractivity contribution is -0.116. The summed E-state index contributed by atoms with van der Waals surface area (Å²) >= 11 is 0. The minimum absolute atomic E-state index is 0.170. The predicted molar refractivity (Wildman–Crippen MR) is 155 cm³/mol. The van der Waals surface area contributed by atoms with E-state index in [1.165, 1.54) is 4.31 Å². The number of benzene rings is 3. The molecule has 0 aliphatic carbocycles. The van der Waals surface area contributed by atoms with E-state index in [1.54, 1.807) is 30.0 Å². The van der Waals surface area contributed by atoms with E-state index in [9.17, 15) is 13.2 Å². The summed E-state index contributed by atoms with van der Waals surface area (Å²) in [6.07, 6.45) is 1.43. The van der Waals surface area contributed by atoms with E-state index in [4.69, 9.17) is 9.84 Å². The van der Waals surface area contributed by atoms with Crippen molar-refractivity contribution >= 4 is 32.5 Å². The first kappa shape index (κ1) is 28.3. The third-order valence-corrected chi connectivity index (χ3v) is 8.34. The molecule has 4 aromatic rings. The number of carbonyl (C=O) groups excluding carboxylic acids is 1. The number of nitrogens with one attached hydrogen (secondary N) is 1. The van der Waals surface area contributed by atoms with Crippen LogP contribution in [0.25, 0.3) is 16.5 Å². The predicted octanol–water partition coefficient (Wildman–Crippen LogP) is 5.76. The Balaban J connectivity index is 1.63. The summed E-state index contributed by atoms with van der Waals surface area (Å²) in [5.41, 5.74) is 1.28. The molecule has 0 unspecified atom stereocenters. The summed E-state index contributed by atoms with van der Waals surface area (Å²) in [6.45, 7) is 8.05. The van der Waals surface area contributed by atoms with E-state index in [1.807, 2.05) is 82.3 Å². The number of amides is 1. The maximum absolute atomic E-state index is 13.7. The van der Waals surface area contributed by atoms with E-state index in [2.05, 4.69) is 5.32 Å². The van der Waals surface area contributed by atoms with Crippen molar-refractivity contribution in [2.24, 2.45) is 0 Å². The van der Waals surface area contributed by atoms with Gasteiger partial charge in [-0.15, -0.1) is 0 Å². The van der Waals surface area contributed by atoms with Crippen molar-refractivity contribution in [1.29, 1.82) is 0 Å². The Morgan fingerprint density at radius 2 is 1.69 bits per heavy atom.